The van der Waals surface area contributed by atoms with Crippen molar-refractivity contribution in [2.24, 2.45) is 0 Å². The fourth-order valence-corrected chi connectivity index (χ4v) is 0. The molecule has 0 saturated carbocycles. The van der Waals surface area contributed by atoms with Crippen molar-refractivity contribution < 1.29 is 112 Å². The molecule has 19 heteroatoms. The van der Waals surface area contributed by atoms with Gasteiger partial charge in [-0.05, 0) is 0 Å². The van der Waals surface area contributed by atoms with E-state index < -0.39 is 31.2 Å². The summed E-state index contributed by atoms with van der Waals surface area (Å²) in [5, 5.41) is 0. The molecule has 1 radical (unpaired) electrons. The molecule has 0 fully saturated rings. The molecule has 0 unspecified atom stereocenters. The first-order valence-electron chi connectivity index (χ1n) is 2.00. The molecule has 0 saturated heterocycles. The molecule has 0 heterocycles. The van der Waals surface area contributed by atoms with E-state index in [1.165, 1.54) is 0 Å². The van der Waals surface area contributed by atoms with Crippen molar-refractivity contribution in [1.82, 2.24) is 0 Å². The first-order chi connectivity index (χ1) is 6.00. The van der Waals surface area contributed by atoms with Gasteiger partial charge in [-0.3, -0.25) is 25.3 Å². The molecule has 0 aliphatic heterocycles. The summed E-state index contributed by atoms with van der Waals surface area (Å²) >= 11 is 0. The second-order valence-electron chi connectivity index (χ2n) is 1.22. The molecule has 0 amide bonds. The van der Waals surface area contributed by atoms with Gasteiger partial charge in [0.15, 0.2) is 0 Å². The minimum Gasteiger partial charge on any atom is -0.759 e. The SMILES string of the molecule is O.O=S(=O)([O-])[O-].O=S(=O)([O-])[O-].O=S(=O)([O-])[O-].[Fe+2].[Mn+2].[Zn+2]. The Kier molecular flexibility index (Phi) is 38.9. The Morgan fingerprint density at radius 2 is 0.526 bits per heavy atom. The molecule has 0 aromatic heterocycles. The Bertz CT molecular complexity index is 349. The molecule has 0 rings (SSSR count). The third-order valence-electron chi connectivity index (χ3n) is 0. The monoisotopic (exact) mass is 481 g/mol. The number of hydrogen-bond donors (Lipinski definition) is 0. The van der Waals surface area contributed by atoms with E-state index in [9.17, 15) is 0 Å². The van der Waals surface area contributed by atoms with Gasteiger partial charge in [0.05, 0.1) is 0 Å². The van der Waals surface area contributed by atoms with Crippen molar-refractivity contribution in [3.8, 4) is 0 Å². The van der Waals surface area contributed by atoms with Crippen LogP contribution in [0.2, 0.25) is 0 Å². The topological polar surface area (TPSA) is 272 Å². The van der Waals surface area contributed by atoms with Crippen LogP contribution in [0.3, 0.4) is 0 Å². The van der Waals surface area contributed by atoms with Gasteiger partial charge in [-0.25, -0.2) is 0 Å². The quantitative estimate of drug-likeness (QED) is 0.178. The van der Waals surface area contributed by atoms with Crippen molar-refractivity contribution >= 4 is 31.2 Å². The van der Waals surface area contributed by atoms with Gasteiger partial charge < -0.3 is 32.8 Å². The molecule has 19 heavy (non-hydrogen) atoms. The van der Waals surface area contributed by atoms with Gasteiger partial charge in [0.2, 0.25) is 0 Å². The van der Waals surface area contributed by atoms with Crippen molar-refractivity contribution in [3.05, 3.63) is 0 Å². The Balaban J connectivity index is -0.0000000206. The normalized spacial score (nSPS) is 9.16. The van der Waals surface area contributed by atoms with Crippen LogP contribution in [0.25, 0.3) is 0 Å². The van der Waals surface area contributed by atoms with Gasteiger partial charge >= 0.3 is 53.6 Å². The third kappa shape index (κ3) is 3760. The second-order valence-corrected chi connectivity index (χ2v) is 3.67. The van der Waals surface area contributed by atoms with Crippen LogP contribution in [0.1, 0.15) is 0 Å². The Morgan fingerprint density at radius 3 is 0.526 bits per heavy atom. The maximum absolute atomic E-state index is 8.52. The van der Waals surface area contributed by atoms with Crippen LogP contribution in [0.4, 0.5) is 0 Å². The van der Waals surface area contributed by atoms with Crippen LogP contribution in [0.15, 0.2) is 0 Å². The standard InChI is InChI=1S/Fe.Mn.3H2O4S.H2O.Zn/c;;3*1-5(2,3)4;;/h;;3*(H2,1,2,3,4);1H2;/q2*+2;;;;;+2/p-6. The summed E-state index contributed by atoms with van der Waals surface area (Å²) in [7, 11) is -15.5. The fraction of sp³-hybridized carbons (Fsp3) is 0. The molecule has 0 aromatic rings. The molecule has 0 bridgehead atoms. The largest absolute Gasteiger partial charge is 2.00 e. The van der Waals surface area contributed by atoms with E-state index in [4.69, 9.17) is 52.6 Å². The molecular formula is H2FeMnO13S3Zn. The molecule has 0 aliphatic carbocycles. The maximum Gasteiger partial charge on any atom is 2.00 e. The van der Waals surface area contributed by atoms with Gasteiger partial charge in [-0.15, -0.1) is 0 Å². The third-order valence-corrected chi connectivity index (χ3v) is 0. The Labute approximate surface area is 142 Å². The average Bonchev–Trinajstić information content (AvgIpc) is 1.41. The van der Waals surface area contributed by atoms with Crippen LogP contribution in [0.5, 0.6) is 0 Å². The van der Waals surface area contributed by atoms with E-state index in [1.54, 1.807) is 0 Å². The van der Waals surface area contributed by atoms with Crippen LogP contribution in [-0.2, 0) is 84.8 Å². The predicted octanol–water partition coefficient (Wildman–Crippen LogP) is -4.85. The van der Waals surface area contributed by atoms with E-state index in [2.05, 4.69) is 0 Å². The van der Waals surface area contributed by atoms with Crippen LogP contribution >= 0.6 is 0 Å². The second kappa shape index (κ2) is 17.3. The minimum atomic E-state index is -5.17. The summed E-state index contributed by atoms with van der Waals surface area (Å²) in [6.45, 7) is 0. The van der Waals surface area contributed by atoms with Crippen molar-refractivity contribution in [3.63, 3.8) is 0 Å². The van der Waals surface area contributed by atoms with Crippen LogP contribution in [-0.4, -0.2) is 58.0 Å². The fourth-order valence-electron chi connectivity index (χ4n) is 0. The average molecular weight is 482 g/mol. The minimum absolute atomic E-state index is 0. The zero-order valence-electron chi connectivity index (χ0n) is 8.06. The van der Waals surface area contributed by atoms with E-state index in [-0.39, 0.29) is 59.1 Å². The predicted molar refractivity (Wildman–Crippen MR) is 35.0 cm³/mol. The van der Waals surface area contributed by atoms with E-state index in [0.717, 1.165) is 0 Å². The molecule has 2 N–H and O–H groups in total. The smallest absolute Gasteiger partial charge is 0.759 e. The van der Waals surface area contributed by atoms with Crippen LogP contribution < -0.4 is 0 Å². The van der Waals surface area contributed by atoms with E-state index >= 15 is 0 Å². The molecule has 0 aromatic carbocycles. The molecule has 0 atom stereocenters. The van der Waals surface area contributed by atoms with Crippen molar-refractivity contribution in [2.75, 3.05) is 0 Å². The van der Waals surface area contributed by atoms with Crippen LogP contribution in [0, 0.1) is 0 Å². The zero-order valence-corrected chi connectivity index (χ0v) is 15.8. The van der Waals surface area contributed by atoms with Crippen molar-refractivity contribution in [1.29, 1.82) is 0 Å². The molecule has 0 aliphatic rings. The summed E-state index contributed by atoms with van der Waals surface area (Å²) < 4.78 is 102. The number of rotatable bonds is 0. The van der Waals surface area contributed by atoms with Gasteiger partial charge in [-0.2, -0.15) is 0 Å². The summed E-state index contributed by atoms with van der Waals surface area (Å²) in [6.07, 6.45) is 0. The summed E-state index contributed by atoms with van der Waals surface area (Å²) in [4.78, 5) is 0. The molecular weight excluding hydrogens is 480 g/mol. The Morgan fingerprint density at radius 1 is 0.526 bits per heavy atom. The van der Waals surface area contributed by atoms with Gasteiger partial charge in [0.1, 0.15) is 0 Å². The summed E-state index contributed by atoms with van der Waals surface area (Å²) in [6, 6.07) is 0. The first-order valence-corrected chi connectivity index (χ1v) is 6.00. The van der Waals surface area contributed by atoms with Crippen molar-refractivity contribution in [2.45, 2.75) is 0 Å². The molecule has 115 valence electrons. The van der Waals surface area contributed by atoms with Gasteiger partial charge in [-0.1, -0.05) is 0 Å². The van der Waals surface area contributed by atoms with E-state index in [1.807, 2.05) is 0 Å². The molecule has 0 spiro atoms. The van der Waals surface area contributed by atoms with E-state index in [0.29, 0.717) is 0 Å². The first kappa shape index (κ1) is 42.7. The summed E-state index contributed by atoms with van der Waals surface area (Å²) in [5.41, 5.74) is 0. The zero-order chi connectivity index (χ0) is 13.5. The Hall–Kier alpha value is 1.23. The van der Waals surface area contributed by atoms with Gasteiger partial charge in [0, 0.05) is 31.2 Å². The maximum atomic E-state index is 8.52. The number of hydrogen-bond acceptors (Lipinski definition) is 12. The summed E-state index contributed by atoms with van der Waals surface area (Å²) in [5.74, 6) is 0. The van der Waals surface area contributed by atoms with Gasteiger partial charge in [0.25, 0.3) is 0 Å². The molecule has 13 nitrogen and oxygen atoms in total.